The van der Waals surface area contributed by atoms with Crippen LogP contribution in [0.2, 0.25) is 0 Å². The number of rotatable bonds is 6. The van der Waals surface area contributed by atoms with Gasteiger partial charge in [-0.1, -0.05) is 50.2 Å². The lowest BCUT2D eigenvalue weighted by Gasteiger charge is -2.26. The molecule has 1 saturated heterocycles. The average Bonchev–Trinajstić information content (AvgIpc) is 3.49. The molecular formula is C28H25N3O3S. The van der Waals surface area contributed by atoms with Crippen LogP contribution in [0.1, 0.15) is 59.2 Å². The summed E-state index contributed by atoms with van der Waals surface area (Å²) < 4.78 is 6.33. The minimum absolute atomic E-state index is 0.191. The molecule has 2 aromatic carbocycles. The van der Waals surface area contributed by atoms with Crippen molar-refractivity contribution in [3.05, 3.63) is 108 Å². The monoisotopic (exact) mass is 483 g/mol. The Morgan fingerprint density at radius 3 is 2.46 bits per heavy atom. The summed E-state index contributed by atoms with van der Waals surface area (Å²) in [5, 5.41) is 13.6. The molecule has 0 unspecified atom stereocenters. The number of aromatic nitrogens is 1. The SMILES string of the molecule is CC(C)c1ccc(N2C(=S)N[C@@H](c3ccccn3)[C@H]2c2ccc(-c3ccccc3C(=O)O)o2)cc1. The highest BCUT2D eigenvalue weighted by atomic mass is 32.1. The Bertz CT molecular complexity index is 1370. The first-order valence-electron chi connectivity index (χ1n) is 11.5. The largest absolute Gasteiger partial charge is 0.478 e. The molecule has 4 aromatic rings. The van der Waals surface area contributed by atoms with Gasteiger partial charge < -0.3 is 19.7 Å². The number of furan rings is 1. The molecule has 0 spiro atoms. The predicted octanol–water partition coefficient (Wildman–Crippen LogP) is 6.34. The second-order valence-corrected chi connectivity index (χ2v) is 9.18. The van der Waals surface area contributed by atoms with Crippen molar-refractivity contribution in [1.82, 2.24) is 10.3 Å². The lowest BCUT2D eigenvalue weighted by atomic mass is 10.0. The summed E-state index contributed by atoms with van der Waals surface area (Å²) in [5.41, 5.74) is 3.75. The van der Waals surface area contributed by atoms with Crippen LogP contribution in [0.3, 0.4) is 0 Å². The van der Waals surface area contributed by atoms with Crippen molar-refractivity contribution in [1.29, 1.82) is 0 Å². The maximum atomic E-state index is 11.8. The fraction of sp³-hybridized carbons (Fsp3) is 0.179. The van der Waals surface area contributed by atoms with Gasteiger partial charge >= 0.3 is 5.97 Å². The Labute approximate surface area is 209 Å². The van der Waals surface area contributed by atoms with E-state index >= 15 is 0 Å². The zero-order valence-corrected chi connectivity index (χ0v) is 20.2. The zero-order valence-electron chi connectivity index (χ0n) is 19.4. The van der Waals surface area contributed by atoms with Gasteiger partial charge in [-0.3, -0.25) is 4.98 Å². The van der Waals surface area contributed by atoms with Gasteiger partial charge in [0.05, 0.1) is 17.3 Å². The normalized spacial score (nSPS) is 17.6. The molecule has 2 aromatic heterocycles. The number of carboxylic acids is 1. The van der Waals surface area contributed by atoms with Gasteiger partial charge in [-0.2, -0.15) is 0 Å². The molecule has 1 fully saturated rings. The number of anilines is 1. The van der Waals surface area contributed by atoms with Gasteiger partial charge in [0.25, 0.3) is 0 Å². The number of hydrogen-bond acceptors (Lipinski definition) is 4. The van der Waals surface area contributed by atoms with Gasteiger partial charge in [0.2, 0.25) is 0 Å². The van der Waals surface area contributed by atoms with E-state index in [2.05, 4.69) is 48.4 Å². The van der Waals surface area contributed by atoms with Gasteiger partial charge in [0.15, 0.2) is 5.11 Å². The van der Waals surface area contributed by atoms with E-state index in [4.69, 9.17) is 16.6 Å². The standard InChI is InChI=1S/C28H25N3O3S/c1-17(2)18-10-12-19(13-11-18)31-26(25(30-28(31)35)22-9-5-6-16-29-22)24-15-14-23(34-24)20-7-3-4-8-21(20)27(32)33/h3-17,25-26H,1-2H3,(H,30,35)(H,32,33)/t25-,26+/m0/s1. The summed E-state index contributed by atoms with van der Waals surface area (Å²) in [6.07, 6.45) is 1.76. The highest BCUT2D eigenvalue weighted by Crippen LogP contribution is 2.43. The zero-order chi connectivity index (χ0) is 24.5. The maximum absolute atomic E-state index is 11.8. The first-order valence-corrected chi connectivity index (χ1v) is 11.9. The third-order valence-corrected chi connectivity index (χ3v) is 6.59. The molecule has 176 valence electrons. The van der Waals surface area contributed by atoms with Crippen molar-refractivity contribution in [3.8, 4) is 11.3 Å². The molecular weight excluding hydrogens is 458 g/mol. The molecule has 6 nitrogen and oxygen atoms in total. The van der Waals surface area contributed by atoms with Crippen molar-refractivity contribution >= 4 is 29.0 Å². The van der Waals surface area contributed by atoms with Crippen molar-refractivity contribution in [2.75, 3.05) is 4.90 Å². The number of thiocarbonyl (C=S) groups is 1. The molecule has 1 aliphatic rings. The van der Waals surface area contributed by atoms with Crippen LogP contribution in [0.25, 0.3) is 11.3 Å². The molecule has 2 N–H and O–H groups in total. The molecule has 0 saturated carbocycles. The van der Waals surface area contributed by atoms with Gasteiger partial charge in [-0.05, 0) is 66.2 Å². The molecule has 3 heterocycles. The van der Waals surface area contributed by atoms with Crippen molar-refractivity contribution in [3.63, 3.8) is 0 Å². The first kappa shape index (κ1) is 22.8. The Morgan fingerprint density at radius 2 is 1.77 bits per heavy atom. The minimum Gasteiger partial charge on any atom is -0.478 e. The maximum Gasteiger partial charge on any atom is 0.336 e. The van der Waals surface area contributed by atoms with E-state index in [1.807, 2.05) is 35.2 Å². The lowest BCUT2D eigenvalue weighted by Crippen LogP contribution is -2.29. The summed E-state index contributed by atoms with van der Waals surface area (Å²) in [5.74, 6) is 0.578. The Morgan fingerprint density at radius 1 is 1.03 bits per heavy atom. The summed E-state index contributed by atoms with van der Waals surface area (Å²) in [6, 6.07) is 24.1. The highest BCUT2D eigenvalue weighted by molar-refractivity contribution is 7.80. The Balaban J connectivity index is 1.60. The third-order valence-electron chi connectivity index (χ3n) is 6.28. The number of pyridine rings is 1. The number of carboxylic acid groups (broad SMARTS) is 1. The fourth-order valence-electron chi connectivity index (χ4n) is 4.48. The van der Waals surface area contributed by atoms with Gasteiger partial charge in [0, 0.05) is 17.4 Å². The van der Waals surface area contributed by atoms with Crippen LogP contribution >= 0.6 is 12.2 Å². The fourth-order valence-corrected chi connectivity index (χ4v) is 4.83. The summed E-state index contributed by atoms with van der Waals surface area (Å²) in [6.45, 7) is 4.33. The van der Waals surface area contributed by atoms with Crippen LogP contribution in [0.4, 0.5) is 5.69 Å². The topological polar surface area (TPSA) is 78.6 Å². The molecule has 2 atom stereocenters. The van der Waals surface area contributed by atoms with E-state index in [1.165, 1.54) is 5.56 Å². The summed E-state index contributed by atoms with van der Waals surface area (Å²) >= 11 is 5.78. The van der Waals surface area contributed by atoms with E-state index in [0.717, 1.165) is 11.4 Å². The number of hydrogen-bond donors (Lipinski definition) is 2. The minimum atomic E-state index is -1.000. The van der Waals surface area contributed by atoms with Crippen LogP contribution in [0.5, 0.6) is 0 Å². The average molecular weight is 484 g/mol. The van der Waals surface area contributed by atoms with Gasteiger partial charge in [0.1, 0.15) is 17.6 Å². The molecule has 35 heavy (non-hydrogen) atoms. The summed E-state index contributed by atoms with van der Waals surface area (Å²) in [7, 11) is 0. The second kappa shape index (κ2) is 9.35. The molecule has 7 heteroatoms. The quantitative estimate of drug-likeness (QED) is 0.310. The number of aromatic carboxylic acids is 1. The van der Waals surface area contributed by atoms with Crippen LogP contribution in [0, 0.1) is 0 Å². The van der Waals surface area contributed by atoms with E-state index in [0.29, 0.717) is 28.1 Å². The summed E-state index contributed by atoms with van der Waals surface area (Å²) in [4.78, 5) is 18.4. The number of nitrogens with zero attached hydrogens (tertiary/aromatic N) is 2. The van der Waals surface area contributed by atoms with E-state index in [-0.39, 0.29) is 17.6 Å². The third kappa shape index (κ3) is 4.31. The smallest absolute Gasteiger partial charge is 0.336 e. The first-order chi connectivity index (χ1) is 16.9. The molecule has 1 aliphatic heterocycles. The van der Waals surface area contributed by atoms with E-state index < -0.39 is 5.97 Å². The molecule has 5 rings (SSSR count). The lowest BCUT2D eigenvalue weighted by molar-refractivity contribution is 0.0697. The van der Waals surface area contributed by atoms with Gasteiger partial charge in [-0.25, -0.2) is 4.79 Å². The van der Waals surface area contributed by atoms with Crippen LogP contribution in [-0.4, -0.2) is 21.2 Å². The highest BCUT2D eigenvalue weighted by Gasteiger charge is 2.42. The number of benzene rings is 2. The molecule has 0 radical (unpaired) electrons. The predicted molar refractivity (Wildman–Crippen MR) is 140 cm³/mol. The second-order valence-electron chi connectivity index (χ2n) is 8.80. The van der Waals surface area contributed by atoms with Crippen molar-refractivity contribution in [2.24, 2.45) is 0 Å². The Kier molecular flexibility index (Phi) is 6.09. The molecule has 0 amide bonds. The number of carbonyl (C=O) groups is 1. The van der Waals surface area contributed by atoms with Crippen LogP contribution < -0.4 is 10.2 Å². The van der Waals surface area contributed by atoms with Gasteiger partial charge in [-0.15, -0.1) is 0 Å². The number of nitrogens with one attached hydrogen (secondary N) is 1. The van der Waals surface area contributed by atoms with Crippen LogP contribution in [-0.2, 0) is 0 Å². The van der Waals surface area contributed by atoms with Crippen LogP contribution in [0.15, 0.2) is 89.5 Å². The Hall–Kier alpha value is -3.97. The van der Waals surface area contributed by atoms with Crippen molar-refractivity contribution < 1.29 is 14.3 Å². The van der Waals surface area contributed by atoms with E-state index in [9.17, 15) is 9.90 Å². The molecule has 0 aliphatic carbocycles. The van der Waals surface area contributed by atoms with Crippen molar-refractivity contribution in [2.45, 2.75) is 31.8 Å². The van der Waals surface area contributed by atoms with E-state index in [1.54, 1.807) is 30.5 Å². The molecule has 0 bridgehead atoms.